The fourth-order valence-corrected chi connectivity index (χ4v) is 2.12. The molecule has 0 bridgehead atoms. The number of likely N-dealkylation sites (N-methyl/N-ethyl adjacent to an activating group) is 1. The van der Waals surface area contributed by atoms with Crippen LogP contribution in [-0.4, -0.2) is 35.5 Å². The van der Waals surface area contributed by atoms with Gasteiger partial charge in [-0.2, -0.15) is 0 Å². The van der Waals surface area contributed by atoms with Crippen molar-refractivity contribution in [3.63, 3.8) is 0 Å². The van der Waals surface area contributed by atoms with E-state index in [1.807, 2.05) is 57.3 Å². The average molecular weight is 298 g/mol. The Labute approximate surface area is 131 Å². The Balaban J connectivity index is 1.92. The van der Waals surface area contributed by atoms with Gasteiger partial charge in [-0.05, 0) is 62.2 Å². The number of amides is 1. The van der Waals surface area contributed by atoms with E-state index in [1.54, 1.807) is 17.3 Å². The van der Waals surface area contributed by atoms with Crippen molar-refractivity contribution in [2.75, 3.05) is 13.6 Å². The summed E-state index contributed by atoms with van der Waals surface area (Å²) in [6.45, 7) is 4.63. The number of carbonyl (C=O) groups is 1. The molecule has 0 unspecified atom stereocenters. The molecule has 1 aromatic heterocycles. The molecule has 0 fully saturated rings. The third-order valence-corrected chi connectivity index (χ3v) is 3.30. The first-order valence-electron chi connectivity index (χ1n) is 7.47. The summed E-state index contributed by atoms with van der Waals surface area (Å²) in [5.41, 5.74) is 1.85. The summed E-state index contributed by atoms with van der Waals surface area (Å²) < 4.78 is 5.58. The number of ether oxygens (including phenoxy) is 1. The van der Waals surface area contributed by atoms with E-state index < -0.39 is 0 Å². The van der Waals surface area contributed by atoms with Crippen LogP contribution in [0.2, 0.25) is 0 Å². The molecule has 4 heteroatoms. The van der Waals surface area contributed by atoms with Crippen LogP contribution in [0.3, 0.4) is 0 Å². The lowest BCUT2D eigenvalue weighted by atomic mass is 10.1. The zero-order chi connectivity index (χ0) is 15.9. The minimum atomic E-state index is 0.0187. The third kappa shape index (κ3) is 4.58. The van der Waals surface area contributed by atoms with Gasteiger partial charge in [-0.3, -0.25) is 9.78 Å². The second kappa shape index (κ2) is 7.59. The van der Waals surface area contributed by atoms with Gasteiger partial charge in [0.15, 0.2) is 0 Å². The molecule has 1 aromatic carbocycles. The first-order valence-corrected chi connectivity index (χ1v) is 7.47. The van der Waals surface area contributed by atoms with Crippen molar-refractivity contribution in [1.29, 1.82) is 0 Å². The van der Waals surface area contributed by atoms with Crippen LogP contribution in [0.5, 0.6) is 5.75 Å². The maximum absolute atomic E-state index is 12.4. The van der Waals surface area contributed by atoms with Crippen molar-refractivity contribution in [3.05, 3.63) is 59.9 Å². The van der Waals surface area contributed by atoms with Gasteiger partial charge in [0.05, 0.1) is 6.10 Å². The highest BCUT2D eigenvalue weighted by Gasteiger charge is 2.11. The predicted molar refractivity (Wildman–Crippen MR) is 87.1 cm³/mol. The number of rotatable bonds is 6. The van der Waals surface area contributed by atoms with Gasteiger partial charge in [0, 0.05) is 31.5 Å². The monoisotopic (exact) mass is 298 g/mol. The molecule has 0 saturated heterocycles. The van der Waals surface area contributed by atoms with Gasteiger partial charge >= 0.3 is 0 Å². The highest BCUT2D eigenvalue weighted by molar-refractivity contribution is 5.94. The second-order valence-corrected chi connectivity index (χ2v) is 5.52. The SMILES string of the molecule is CC(C)Oc1ccc(C(=O)N(C)CCc2ccncc2)cc1. The quantitative estimate of drug-likeness (QED) is 0.822. The maximum Gasteiger partial charge on any atom is 0.253 e. The Kier molecular flexibility index (Phi) is 5.53. The van der Waals surface area contributed by atoms with E-state index in [9.17, 15) is 4.79 Å². The molecule has 1 heterocycles. The van der Waals surface area contributed by atoms with Crippen molar-refractivity contribution in [2.24, 2.45) is 0 Å². The Morgan fingerprint density at radius 1 is 1.14 bits per heavy atom. The van der Waals surface area contributed by atoms with E-state index in [0.29, 0.717) is 12.1 Å². The van der Waals surface area contributed by atoms with E-state index in [2.05, 4.69) is 4.98 Å². The summed E-state index contributed by atoms with van der Waals surface area (Å²) in [7, 11) is 1.82. The molecule has 0 aliphatic heterocycles. The minimum absolute atomic E-state index is 0.0187. The molecular formula is C18H22N2O2. The van der Waals surface area contributed by atoms with E-state index >= 15 is 0 Å². The van der Waals surface area contributed by atoms with Gasteiger partial charge in [0.2, 0.25) is 0 Å². The molecule has 2 aromatic rings. The molecule has 0 radical (unpaired) electrons. The van der Waals surface area contributed by atoms with Gasteiger partial charge in [-0.1, -0.05) is 0 Å². The number of pyridine rings is 1. The van der Waals surface area contributed by atoms with Crippen molar-refractivity contribution < 1.29 is 9.53 Å². The number of carbonyl (C=O) groups excluding carboxylic acids is 1. The van der Waals surface area contributed by atoms with Gasteiger partial charge in [-0.15, -0.1) is 0 Å². The summed E-state index contributed by atoms with van der Waals surface area (Å²) in [5.74, 6) is 0.802. The Bertz CT molecular complexity index is 594. The second-order valence-electron chi connectivity index (χ2n) is 5.52. The van der Waals surface area contributed by atoms with Crippen LogP contribution < -0.4 is 4.74 Å². The molecule has 0 aliphatic carbocycles. The molecule has 4 nitrogen and oxygen atoms in total. The average Bonchev–Trinajstić information content (AvgIpc) is 2.53. The van der Waals surface area contributed by atoms with Gasteiger partial charge in [0.1, 0.15) is 5.75 Å². The van der Waals surface area contributed by atoms with Gasteiger partial charge in [-0.25, -0.2) is 0 Å². The molecule has 0 atom stereocenters. The molecule has 116 valence electrons. The van der Waals surface area contributed by atoms with Crippen molar-refractivity contribution >= 4 is 5.91 Å². The standard InChI is InChI=1S/C18H22N2O2/c1-14(2)22-17-6-4-16(5-7-17)18(21)20(3)13-10-15-8-11-19-12-9-15/h4-9,11-12,14H,10,13H2,1-3H3. The molecule has 22 heavy (non-hydrogen) atoms. The normalized spacial score (nSPS) is 10.5. The largest absolute Gasteiger partial charge is 0.491 e. The summed E-state index contributed by atoms with van der Waals surface area (Å²) in [6.07, 6.45) is 4.48. The lowest BCUT2D eigenvalue weighted by molar-refractivity contribution is 0.0796. The topological polar surface area (TPSA) is 42.4 Å². The fraction of sp³-hybridized carbons (Fsp3) is 0.333. The van der Waals surface area contributed by atoms with Crippen molar-refractivity contribution in [1.82, 2.24) is 9.88 Å². The van der Waals surface area contributed by atoms with Crippen LogP contribution in [0.1, 0.15) is 29.8 Å². The highest BCUT2D eigenvalue weighted by Crippen LogP contribution is 2.15. The molecule has 2 rings (SSSR count). The third-order valence-electron chi connectivity index (χ3n) is 3.30. The number of nitrogens with zero attached hydrogens (tertiary/aromatic N) is 2. The lowest BCUT2D eigenvalue weighted by Gasteiger charge is -2.17. The highest BCUT2D eigenvalue weighted by atomic mass is 16.5. The number of benzene rings is 1. The summed E-state index contributed by atoms with van der Waals surface area (Å²) in [4.78, 5) is 18.1. The molecule has 1 amide bonds. The van der Waals surface area contributed by atoms with E-state index in [0.717, 1.165) is 12.2 Å². The first-order chi connectivity index (χ1) is 10.6. The van der Waals surface area contributed by atoms with Crippen LogP contribution in [0.15, 0.2) is 48.8 Å². The molecule has 0 N–H and O–H groups in total. The first kappa shape index (κ1) is 16.0. The smallest absolute Gasteiger partial charge is 0.253 e. The number of aromatic nitrogens is 1. The maximum atomic E-state index is 12.4. The zero-order valence-corrected chi connectivity index (χ0v) is 13.3. The van der Waals surface area contributed by atoms with Gasteiger partial charge < -0.3 is 9.64 Å². The van der Waals surface area contributed by atoms with E-state index in [-0.39, 0.29) is 12.0 Å². The summed E-state index contributed by atoms with van der Waals surface area (Å²) in [5, 5.41) is 0. The van der Waals surface area contributed by atoms with Gasteiger partial charge in [0.25, 0.3) is 5.91 Å². The number of hydrogen-bond donors (Lipinski definition) is 0. The van der Waals surface area contributed by atoms with Crippen LogP contribution in [-0.2, 0) is 6.42 Å². The molecular weight excluding hydrogens is 276 g/mol. The summed E-state index contributed by atoms with van der Waals surface area (Å²) >= 11 is 0. The molecule has 0 aliphatic rings. The molecule has 0 spiro atoms. The van der Waals surface area contributed by atoms with Crippen molar-refractivity contribution in [2.45, 2.75) is 26.4 Å². The van der Waals surface area contributed by atoms with Crippen molar-refractivity contribution in [3.8, 4) is 5.75 Å². The molecule has 0 saturated carbocycles. The Morgan fingerprint density at radius 3 is 2.36 bits per heavy atom. The predicted octanol–water partition coefficient (Wildman–Crippen LogP) is 3.18. The minimum Gasteiger partial charge on any atom is -0.491 e. The van der Waals surface area contributed by atoms with Crippen LogP contribution in [0.25, 0.3) is 0 Å². The zero-order valence-electron chi connectivity index (χ0n) is 13.3. The Morgan fingerprint density at radius 2 is 1.77 bits per heavy atom. The summed E-state index contributed by atoms with van der Waals surface area (Å²) in [6, 6.07) is 11.2. The fourth-order valence-electron chi connectivity index (χ4n) is 2.12. The lowest BCUT2D eigenvalue weighted by Crippen LogP contribution is -2.28. The van der Waals surface area contributed by atoms with Crippen LogP contribution in [0, 0.1) is 0 Å². The van der Waals surface area contributed by atoms with E-state index in [1.165, 1.54) is 5.56 Å². The van der Waals surface area contributed by atoms with Crippen LogP contribution in [0.4, 0.5) is 0 Å². The van der Waals surface area contributed by atoms with Crippen LogP contribution >= 0.6 is 0 Å². The number of hydrogen-bond acceptors (Lipinski definition) is 3. The van der Waals surface area contributed by atoms with E-state index in [4.69, 9.17) is 4.74 Å². The Hall–Kier alpha value is -2.36.